The minimum absolute atomic E-state index is 0.0308. The Hall–Kier alpha value is -1.96. The Kier molecular flexibility index (Phi) is 6.80. The third-order valence-electron chi connectivity index (χ3n) is 2.93. The zero-order valence-electron chi connectivity index (χ0n) is 12.7. The van der Waals surface area contributed by atoms with Gasteiger partial charge in [-0.2, -0.15) is 4.98 Å². The van der Waals surface area contributed by atoms with E-state index < -0.39 is 4.92 Å². The van der Waals surface area contributed by atoms with Crippen molar-refractivity contribution in [2.75, 3.05) is 29.9 Å². The van der Waals surface area contributed by atoms with Crippen molar-refractivity contribution in [3.63, 3.8) is 0 Å². The minimum atomic E-state index is -0.479. The van der Waals surface area contributed by atoms with E-state index in [2.05, 4.69) is 15.3 Å². The van der Waals surface area contributed by atoms with Crippen molar-refractivity contribution < 1.29 is 10.0 Å². The topological polar surface area (TPSA) is 104 Å². The Balaban J connectivity index is 3.15. The summed E-state index contributed by atoms with van der Waals surface area (Å²) in [5.41, 5.74) is -0.122. The lowest BCUT2D eigenvalue weighted by Crippen LogP contribution is -2.33. The number of hydrogen-bond donors (Lipinski definition) is 2. The maximum Gasteiger partial charge on any atom is 0.329 e. The molecule has 2 N–H and O–H groups in total. The highest BCUT2D eigenvalue weighted by atomic mass is 16.6. The molecular weight excluding hydrogens is 274 g/mol. The molecule has 1 heterocycles. The molecule has 0 atom stereocenters. The Morgan fingerprint density at radius 2 is 2.24 bits per heavy atom. The van der Waals surface area contributed by atoms with Crippen LogP contribution in [-0.4, -0.2) is 45.7 Å². The molecule has 0 unspecified atom stereocenters. The summed E-state index contributed by atoms with van der Waals surface area (Å²) in [5, 5.41) is 23.2. The van der Waals surface area contributed by atoms with E-state index in [4.69, 9.17) is 5.11 Å². The molecule has 0 aliphatic heterocycles. The monoisotopic (exact) mass is 297 g/mol. The highest BCUT2D eigenvalue weighted by molar-refractivity contribution is 5.59. The van der Waals surface area contributed by atoms with Crippen LogP contribution >= 0.6 is 0 Å². The summed E-state index contributed by atoms with van der Waals surface area (Å²) in [6, 6.07) is 0.0316. The lowest BCUT2D eigenvalue weighted by Gasteiger charge is -2.27. The number of nitro groups is 1. The van der Waals surface area contributed by atoms with E-state index in [1.807, 2.05) is 25.7 Å². The summed E-state index contributed by atoms with van der Waals surface area (Å²) < 4.78 is 0. The van der Waals surface area contributed by atoms with Crippen molar-refractivity contribution >= 4 is 17.5 Å². The number of rotatable bonds is 9. The van der Waals surface area contributed by atoms with Gasteiger partial charge in [-0.25, -0.2) is 4.98 Å². The molecule has 0 fully saturated rings. The van der Waals surface area contributed by atoms with Crippen LogP contribution in [0.3, 0.4) is 0 Å². The first kappa shape index (κ1) is 17.1. The second-order valence-corrected chi connectivity index (χ2v) is 4.95. The fraction of sp³-hybridized carbons (Fsp3) is 0.692. The van der Waals surface area contributed by atoms with Gasteiger partial charge in [0.2, 0.25) is 11.8 Å². The summed E-state index contributed by atoms with van der Waals surface area (Å²) in [5.74, 6) is 0.671. The normalized spacial score (nSPS) is 10.7. The summed E-state index contributed by atoms with van der Waals surface area (Å²) >= 11 is 0. The van der Waals surface area contributed by atoms with Crippen molar-refractivity contribution in [3.05, 3.63) is 16.3 Å². The molecule has 1 rings (SSSR count). The van der Waals surface area contributed by atoms with Crippen LogP contribution in [0.4, 0.5) is 17.5 Å². The molecule has 0 saturated carbocycles. The number of aromatic nitrogens is 2. The van der Waals surface area contributed by atoms with Crippen molar-refractivity contribution in [2.24, 2.45) is 0 Å². The van der Waals surface area contributed by atoms with Crippen LogP contribution in [0.1, 0.15) is 33.6 Å². The summed E-state index contributed by atoms with van der Waals surface area (Å²) in [7, 11) is 0. The van der Waals surface area contributed by atoms with Crippen LogP contribution in [0.25, 0.3) is 0 Å². The van der Waals surface area contributed by atoms with Gasteiger partial charge in [0, 0.05) is 25.7 Å². The maximum absolute atomic E-state index is 11.2. The van der Waals surface area contributed by atoms with Gasteiger partial charge in [0.05, 0.1) is 4.92 Å². The van der Waals surface area contributed by atoms with E-state index in [1.165, 1.54) is 6.20 Å². The molecule has 0 saturated heterocycles. The van der Waals surface area contributed by atoms with E-state index in [1.54, 1.807) is 0 Å². The predicted octanol–water partition coefficient (Wildman–Crippen LogP) is 1.80. The second kappa shape index (κ2) is 8.35. The predicted molar refractivity (Wildman–Crippen MR) is 81.7 cm³/mol. The molecule has 1 aromatic rings. The highest BCUT2D eigenvalue weighted by Crippen LogP contribution is 2.27. The van der Waals surface area contributed by atoms with Gasteiger partial charge in [-0.15, -0.1) is 0 Å². The largest absolute Gasteiger partial charge is 0.396 e. The number of anilines is 2. The zero-order valence-corrected chi connectivity index (χ0v) is 12.7. The van der Waals surface area contributed by atoms with Gasteiger partial charge in [0.15, 0.2) is 0 Å². The molecule has 0 aliphatic carbocycles. The number of nitrogens with one attached hydrogen (secondary N) is 1. The number of aliphatic hydroxyl groups excluding tert-OH is 1. The van der Waals surface area contributed by atoms with E-state index >= 15 is 0 Å². The van der Waals surface area contributed by atoms with Gasteiger partial charge in [0.25, 0.3) is 0 Å². The summed E-state index contributed by atoms with van der Waals surface area (Å²) in [6.07, 6.45) is 2.67. The molecular formula is C13H23N5O3. The van der Waals surface area contributed by atoms with Gasteiger partial charge in [0.1, 0.15) is 6.20 Å². The van der Waals surface area contributed by atoms with Crippen LogP contribution in [0.5, 0.6) is 0 Å². The standard InChI is InChI=1S/C13H23N5O3/c1-4-6-14-13-15-9-11(18(20)21)12(16-13)17(10(2)3)7-5-8-19/h9-10,19H,4-8H2,1-3H3,(H,14,15,16). The van der Waals surface area contributed by atoms with E-state index in [9.17, 15) is 10.1 Å². The highest BCUT2D eigenvalue weighted by Gasteiger charge is 2.24. The lowest BCUT2D eigenvalue weighted by atomic mass is 10.2. The molecule has 8 nitrogen and oxygen atoms in total. The molecule has 0 aromatic carbocycles. The first-order valence-corrected chi connectivity index (χ1v) is 7.14. The molecule has 0 amide bonds. The summed E-state index contributed by atoms with van der Waals surface area (Å²) in [6.45, 7) is 7.11. The van der Waals surface area contributed by atoms with Crippen LogP contribution in [-0.2, 0) is 0 Å². The first-order chi connectivity index (χ1) is 10.0. The van der Waals surface area contributed by atoms with E-state index in [-0.39, 0.29) is 24.2 Å². The number of hydrogen-bond acceptors (Lipinski definition) is 7. The van der Waals surface area contributed by atoms with Gasteiger partial charge >= 0.3 is 5.69 Å². The van der Waals surface area contributed by atoms with Gasteiger partial charge in [-0.05, 0) is 26.7 Å². The fourth-order valence-electron chi connectivity index (χ4n) is 1.88. The summed E-state index contributed by atoms with van der Waals surface area (Å²) in [4.78, 5) is 20.8. The molecule has 0 bridgehead atoms. The SMILES string of the molecule is CCCNc1ncc([N+](=O)[O-])c(N(CCCO)C(C)C)n1. The van der Waals surface area contributed by atoms with Gasteiger partial charge in [-0.3, -0.25) is 10.1 Å². The Bertz CT molecular complexity index is 467. The van der Waals surface area contributed by atoms with Crippen LogP contribution in [0, 0.1) is 10.1 Å². The molecule has 21 heavy (non-hydrogen) atoms. The number of aliphatic hydroxyl groups is 1. The maximum atomic E-state index is 11.2. The van der Waals surface area contributed by atoms with Crippen molar-refractivity contribution in [1.82, 2.24) is 9.97 Å². The van der Waals surface area contributed by atoms with E-state index in [0.717, 1.165) is 6.42 Å². The Labute approximate surface area is 124 Å². The Morgan fingerprint density at radius 3 is 2.76 bits per heavy atom. The average Bonchev–Trinajstić information content (AvgIpc) is 2.45. The third-order valence-corrected chi connectivity index (χ3v) is 2.93. The van der Waals surface area contributed by atoms with Crippen LogP contribution < -0.4 is 10.2 Å². The minimum Gasteiger partial charge on any atom is -0.396 e. The molecule has 0 spiro atoms. The Morgan fingerprint density at radius 1 is 1.52 bits per heavy atom. The van der Waals surface area contributed by atoms with Crippen molar-refractivity contribution in [3.8, 4) is 0 Å². The molecule has 1 aromatic heterocycles. The van der Waals surface area contributed by atoms with Crippen molar-refractivity contribution in [2.45, 2.75) is 39.7 Å². The van der Waals surface area contributed by atoms with Crippen LogP contribution in [0.2, 0.25) is 0 Å². The average molecular weight is 297 g/mol. The molecule has 8 heteroatoms. The molecule has 0 aliphatic rings. The quantitative estimate of drug-likeness (QED) is 0.529. The molecule has 0 radical (unpaired) electrons. The number of nitrogens with zero attached hydrogens (tertiary/aromatic N) is 4. The van der Waals surface area contributed by atoms with Gasteiger partial charge < -0.3 is 15.3 Å². The smallest absolute Gasteiger partial charge is 0.329 e. The van der Waals surface area contributed by atoms with Gasteiger partial charge in [-0.1, -0.05) is 6.92 Å². The second-order valence-electron chi connectivity index (χ2n) is 4.95. The lowest BCUT2D eigenvalue weighted by molar-refractivity contribution is -0.384. The molecule has 118 valence electrons. The van der Waals surface area contributed by atoms with Crippen molar-refractivity contribution in [1.29, 1.82) is 0 Å². The van der Waals surface area contributed by atoms with E-state index in [0.29, 0.717) is 25.5 Å². The fourth-order valence-corrected chi connectivity index (χ4v) is 1.88. The third kappa shape index (κ3) is 4.82. The van der Waals surface area contributed by atoms with Crippen LogP contribution in [0.15, 0.2) is 6.20 Å². The first-order valence-electron chi connectivity index (χ1n) is 7.14. The zero-order chi connectivity index (χ0) is 15.8.